The van der Waals surface area contributed by atoms with E-state index < -0.39 is 0 Å². The van der Waals surface area contributed by atoms with Gasteiger partial charge in [0, 0.05) is 12.6 Å². The van der Waals surface area contributed by atoms with Crippen molar-refractivity contribution in [2.24, 2.45) is 0 Å². The smallest absolute Gasteiger partial charge is 0.153 e. The van der Waals surface area contributed by atoms with Gasteiger partial charge in [0.05, 0.1) is 5.56 Å². The Hall–Kier alpha value is -1.35. The van der Waals surface area contributed by atoms with E-state index in [1.54, 1.807) is 6.07 Å². The molecule has 2 rings (SSSR count). The zero-order valence-corrected chi connectivity index (χ0v) is 11.0. The van der Waals surface area contributed by atoms with E-state index in [9.17, 15) is 4.79 Å². The van der Waals surface area contributed by atoms with Crippen LogP contribution >= 0.6 is 0 Å². The van der Waals surface area contributed by atoms with Crippen LogP contribution < -0.4 is 4.74 Å². The molecule has 18 heavy (non-hydrogen) atoms. The molecule has 0 aliphatic carbocycles. The van der Waals surface area contributed by atoms with Gasteiger partial charge in [-0.1, -0.05) is 18.6 Å². The summed E-state index contributed by atoms with van der Waals surface area (Å²) in [5, 5.41) is 0. The van der Waals surface area contributed by atoms with Gasteiger partial charge in [-0.2, -0.15) is 0 Å². The number of aldehydes is 1. The van der Waals surface area contributed by atoms with Crippen LogP contribution in [-0.2, 0) is 0 Å². The number of hydrogen-bond acceptors (Lipinski definition) is 3. The lowest BCUT2D eigenvalue weighted by atomic mass is 10.0. The van der Waals surface area contributed by atoms with E-state index in [1.807, 2.05) is 18.2 Å². The first-order valence-corrected chi connectivity index (χ1v) is 6.72. The zero-order valence-electron chi connectivity index (χ0n) is 11.0. The van der Waals surface area contributed by atoms with Crippen molar-refractivity contribution in [3.05, 3.63) is 29.8 Å². The minimum atomic E-state index is 0.629. The molecule has 0 spiro atoms. The third-order valence-corrected chi connectivity index (χ3v) is 3.62. The number of ether oxygens (including phenoxy) is 1. The summed E-state index contributed by atoms with van der Waals surface area (Å²) in [7, 11) is 0. The van der Waals surface area contributed by atoms with E-state index in [1.165, 1.54) is 25.8 Å². The molecule has 1 fully saturated rings. The molecule has 1 saturated heterocycles. The molecular formula is C15H21NO2. The minimum absolute atomic E-state index is 0.629. The van der Waals surface area contributed by atoms with Gasteiger partial charge in [-0.25, -0.2) is 0 Å². The summed E-state index contributed by atoms with van der Waals surface area (Å²) in [5.74, 6) is 0.692. The van der Waals surface area contributed by atoms with Crippen LogP contribution in [0.25, 0.3) is 0 Å². The second-order valence-electron chi connectivity index (χ2n) is 4.88. The van der Waals surface area contributed by atoms with E-state index in [-0.39, 0.29) is 0 Å². The Morgan fingerprint density at radius 2 is 2.22 bits per heavy atom. The van der Waals surface area contributed by atoms with Gasteiger partial charge in [-0.3, -0.25) is 9.69 Å². The average molecular weight is 247 g/mol. The van der Waals surface area contributed by atoms with Crippen LogP contribution in [0.1, 0.15) is 36.5 Å². The van der Waals surface area contributed by atoms with E-state index in [0.717, 1.165) is 12.8 Å². The number of rotatable bonds is 5. The first kappa shape index (κ1) is 13.1. The number of benzene rings is 1. The van der Waals surface area contributed by atoms with E-state index in [0.29, 0.717) is 24.0 Å². The molecule has 1 aromatic carbocycles. The fourth-order valence-corrected chi connectivity index (χ4v) is 2.47. The summed E-state index contributed by atoms with van der Waals surface area (Å²) in [4.78, 5) is 13.3. The first-order valence-electron chi connectivity index (χ1n) is 6.72. The maximum absolute atomic E-state index is 10.9. The summed E-state index contributed by atoms with van der Waals surface area (Å²) in [5.41, 5.74) is 0.629. The van der Waals surface area contributed by atoms with Crippen molar-refractivity contribution in [2.75, 3.05) is 19.7 Å². The Morgan fingerprint density at radius 3 is 3.00 bits per heavy atom. The van der Waals surface area contributed by atoms with Crippen LogP contribution in [0.5, 0.6) is 5.75 Å². The maximum atomic E-state index is 10.9. The lowest BCUT2D eigenvalue weighted by Gasteiger charge is -2.33. The van der Waals surface area contributed by atoms with E-state index in [2.05, 4.69) is 11.8 Å². The number of piperidine rings is 1. The predicted octanol–water partition coefficient (Wildman–Crippen LogP) is 2.75. The summed E-state index contributed by atoms with van der Waals surface area (Å²) < 4.78 is 5.71. The van der Waals surface area contributed by atoms with Crippen molar-refractivity contribution in [3.63, 3.8) is 0 Å². The molecule has 98 valence electrons. The SMILES string of the molecule is C[C@H]1CCCCN1CCOc1ccccc1C=O. The van der Waals surface area contributed by atoms with Crippen LogP contribution in [-0.4, -0.2) is 36.9 Å². The predicted molar refractivity (Wildman–Crippen MR) is 72.2 cm³/mol. The van der Waals surface area contributed by atoms with Crippen molar-refractivity contribution in [3.8, 4) is 5.75 Å². The first-order chi connectivity index (χ1) is 8.81. The topological polar surface area (TPSA) is 29.5 Å². The molecule has 0 radical (unpaired) electrons. The maximum Gasteiger partial charge on any atom is 0.153 e. The molecule has 3 nitrogen and oxygen atoms in total. The quantitative estimate of drug-likeness (QED) is 0.749. The van der Waals surface area contributed by atoms with Crippen molar-refractivity contribution >= 4 is 6.29 Å². The fourth-order valence-electron chi connectivity index (χ4n) is 2.47. The van der Waals surface area contributed by atoms with Gasteiger partial charge in [0.2, 0.25) is 0 Å². The summed E-state index contributed by atoms with van der Waals surface area (Å²) >= 11 is 0. The van der Waals surface area contributed by atoms with Crippen LogP contribution in [0.15, 0.2) is 24.3 Å². The molecule has 1 atom stereocenters. The van der Waals surface area contributed by atoms with Crippen molar-refractivity contribution < 1.29 is 9.53 Å². The monoisotopic (exact) mass is 247 g/mol. The highest BCUT2D eigenvalue weighted by atomic mass is 16.5. The Balaban J connectivity index is 1.82. The second-order valence-corrected chi connectivity index (χ2v) is 4.88. The standard InChI is InChI=1S/C15H21NO2/c1-13-6-4-5-9-16(13)10-11-18-15-8-3-2-7-14(15)12-17/h2-3,7-8,12-13H,4-6,9-11H2,1H3/t13-/m0/s1. The van der Waals surface area contributed by atoms with Crippen LogP contribution in [0.2, 0.25) is 0 Å². The molecule has 0 N–H and O–H groups in total. The van der Waals surface area contributed by atoms with Crippen molar-refractivity contribution in [1.82, 2.24) is 4.90 Å². The highest BCUT2D eigenvalue weighted by Crippen LogP contribution is 2.18. The Kier molecular flexibility index (Phi) is 4.76. The number of carbonyl (C=O) groups is 1. The third-order valence-electron chi connectivity index (χ3n) is 3.62. The second kappa shape index (κ2) is 6.55. The highest BCUT2D eigenvalue weighted by Gasteiger charge is 2.17. The van der Waals surface area contributed by atoms with Gasteiger partial charge in [0.15, 0.2) is 6.29 Å². The van der Waals surface area contributed by atoms with Gasteiger partial charge in [-0.05, 0) is 38.4 Å². The Morgan fingerprint density at radius 1 is 1.39 bits per heavy atom. The van der Waals surface area contributed by atoms with E-state index in [4.69, 9.17) is 4.74 Å². The summed E-state index contributed by atoms with van der Waals surface area (Å²) in [6, 6.07) is 8.04. The molecule has 0 aromatic heterocycles. The Bertz CT molecular complexity index is 392. The molecule has 1 aliphatic rings. The normalized spacial score (nSPS) is 20.6. The number of hydrogen-bond donors (Lipinski definition) is 0. The van der Waals surface area contributed by atoms with Crippen molar-refractivity contribution in [2.45, 2.75) is 32.2 Å². The molecule has 0 amide bonds. The largest absolute Gasteiger partial charge is 0.492 e. The lowest BCUT2D eigenvalue weighted by molar-refractivity contribution is 0.111. The lowest BCUT2D eigenvalue weighted by Crippen LogP contribution is -2.39. The molecule has 3 heteroatoms. The highest BCUT2D eigenvalue weighted by molar-refractivity contribution is 5.79. The third kappa shape index (κ3) is 3.33. The van der Waals surface area contributed by atoms with Crippen LogP contribution in [0, 0.1) is 0 Å². The number of nitrogens with zero attached hydrogens (tertiary/aromatic N) is 1. The molecular weight excluding hydrogens is 226 g/mol. The molecule has 1 aromatic rings. The van der Waals surface area contributed by atoms with Crippen LogP contribution in [0.4, 0.5) is 0 Å². The number of carbonyl (C=O) groups excluding carboxylic acids is 1. The van der Waals surface area contributed by atoms with Gasteiger partial charge in [-0.15, -0.1) is 0 Å². The zero-order chi connectivity index (χ0) is 12.8. The molecule has 1 aliphatic heterocycles. The number of likely N-dealkylation sites (tertiary alicyclic amines) is 1. The van der Waals surface area contributed by atoms with Gasteiger partial charge in [0.25, 0.3) is 0 Å². The molecule has 0 unspecified atom stereocenters. The van der Waals surface area contributed by atoms with Gasteiger partial charge >= 0.3 is 0 Å². The van der Waals surface area contributed by atoms with Gasteiger partial charge in [0.1, 0.15) is 12.4 Å². The molecule has 0 saturated carbocycles. The average Bonchev–Trinajstić information content (AvgIpc) is 2.41. The Labute approximate surface area is 109 Å². The van der Waals surface area contributed by atoms with E-state index >= 15 is 0 Å². The molecule has 1 heterocycles. The van der Waals surface area contributed by atoms with Gasteiger partial charge < -0.3 is 4.74 Å². The molecule has 0 bridgehead atoms. The fraction of sp³-hybridized carbons (Fsp3) is 0.533. The summed E-state index contributed by atoms with van der Waals surface area (Å²) in [6.07, 6.45) is 4.76. The summed E-state index contributed by atoms with van der Waals surface area (Å²) in [6.45, 7) is 5.03. The van der Waals surface area contributed by atoms with Crippen LogP contribution in [0.3, 0.4) is 0 Å². The minimum Gasteiger partial charge on any atom is -0.492 e. The van der Waals surface area contributed by atoms with Crippen molar-refractivity contribution in [1.29, 1.82) is 0 Å². The number of para-hydroxylation sites is 1.